The number of rotatable bonds is 6. The molecule has 0 aliphatic carbocycles. The molecule has 2 aromatic rings. The first kappa shape index (κ1) is 15.5. The molecule has 0 heterocycles. The van der Waals surface area contributed by atoms with Crippen LogP contribution in [0, 0.1) is 5.82 Å². The van der Waals surface area contributed by atoms with Gasteiger partial charge in [0.15, 0.2) is 0 Å². The van der Waals surface area contributed by atoms with E-state index in [0.29, 0.717) is 6.04 Å². The third-order valence-electron chi connectivity index (χ3n) is 3.80. The molecular formula is C18H23FN2. The number of nitrogens with zero attached hydrogens (tertiary/aromatic N) is 1. The summed E-state index contributed by atoms with van der Waals surface area (Å²) in [6, 6.07) is 15.6. The largest absolute Gasteiger partial charge is 0.342 e. The molecule has 3 heteroatoms. The highest BCUT2D eigenvalue weighted by molar-refractivity contribution is 5.63. The first-order valence-corrected chi connectivity index (χ1v) is 7.49. The summed E-state index contributed by atoms with van der Waals surface area (Å²) < 4.78 is 13.4. The Morgan fingerprint density at radius 1 is 1.05 bits per heavy atom. The lowest BCUT2D eigenvalue weighted by Crippen LogP contribution is -2.17. The normalized spacial score (nSPS) is 12.2. The number of hydrogen-bond donors (Lipinski definition) is 1. The first-order valence-electron chi connectivity index (χ1n) is 7.49. The van der Waals surface area contributed by atoms with Crippen LogP contribution < -0.4 is 10.2 Å². The van der Waals surface area contributed by atoms with Gasteiger partial charge in [0, 0.05) is 24.0 Å². The highest BCUT2D eigenvalue weighted by atomic mass is 19.1. The summed E-state index contributed by atoms with van der Waals surface area (Å²) in [6.07, 6.45) is 1.05. The van der Waals surface area contributed by atoms with Gasteiger partial charge in [0.1, 0.15) is 5.82 Å². The van der Waals surface area contributed by atoms with Gasteiger partial charge in [0.2, 0.25) is 0 Å². The van der Waals surface area contributed by atoms with Crippen LogP contribution in [0.25, 0.3) is 0 Å². The van der Waals surface area contributed by atoms with E-state index in [1.54, 1.807) is 12.1 Å². The van der Waals surface area contributed by atoms with Crippen molar-refractivity contribution >= 4 is 11.4 Å². The molecule has 2 aromatic carbocycles. The fourth-order valence-corrected chi connectivity index (χ4v) is 2.65. The van der Waals surface area contributed by atoms with Crippen molar-refractivity contribution in [1.82, 2.24) is 5.32 Å². The van der Waals surface area contributed by atoms with Crippen LogP contribution in [0.2, 0.25) is 0 Å². The predicted molar refractivity (Wildman–Crippen MR) is 87.6 cm³/mol. The number of halogens is 1. The minimum Gasteiger partial charge on any atom is -0.342 e. The second-order valence-electron chi connectivity index (χ2n) is 5.07. The lowest BCUT2D eigenvalue weighted by molar-refractivity contribution is 0.577. The molecule has 0 aliphatic rings. The molecule has 0 saturated carbocycles. The van der Waals surface area contributed by atoms with Crippen LogP contribution >= 0.6 is 0 Å². The van der Waals surface area contributed by atoms with Crippen molar-refractivity contribution in [1.29, 1.82) is 0 Å². The van der Waals surface area contributed by atoms with Gasteiger partial charge < -0.3 is 10.2 Å². The Kier molecular flexibility index (Phi) is 5.34. The van der Waals surface area contributed by atoms with Crippen molar-refractivity contribution < 1.29 is 4.39 Å². The van der Waals surface area contributed by atoms with Crippen LogP contribution in [0.1, 0.15) is 31.9 Å². The Morgan fingerprint density at radius 3 is 2.29 bits per heavy atom. The van der Waals surface area contributed by atoms with Gasteiger partial charge in [-0.2, -0.15) is 0 Å². The summed E-state index contributed by atoms with van der Waals surface area (Å²) in [7, 11) is 1.98. The third kappa shape index (κ3) is 3.61. The number of anilines is 2. The highest BCUT2D eigenvalue weighted by Gasteiger charge is 2.10. The van der Waals surface area contributed by atoms with E-state index in [9.17, 15) is 4.39 Å². The topological polar surface area (TPSA) is 15.3 Å². The van der Waals surface area contributed by atoms with Crippen LogP contribution in [0.4, 0.5) is 15.8 Å². The Bertz CT molecular complexity index is 562. The minimum absolute atomic E-state index is 0.205. The maximum Gasteiger partial charge on any atom is 0.125 e. The molecule has 1 atom stereocenters. The summed E-state index contributed by atoms with van der Waals surface area (Å²) in [5.41, 5.74) is 3.24. The molecule has 0 radical (unpaired) electrons. The molecule has 112 valence electrons. The zero-order chi connectivity index (χ0) is 15.2. The smallest absolute Gasteiger partial charge is 0.125 e. The van der Waals surface area contributed by atoms with Crippen LogP contribution in [0.5, 0.6) is 0 Å². The SMILES string of the molecule is CCC(NC)c1ccc(N(CC)c2cccc(F)c2)cc1. The third-order valence-corrected chi connectivity index (χ3v) is 3.80. The van der Waals surface area contributed by atoms with Crippen LogP contribution in [-0.2, 0) is 0 Å². The average Bonchev–Trinajstić information content (AvgIpc) is 2.51. The number of benzene rings is 2. The van der Waals surface area contributed by atoms with E-state index in [1.807, 2.05) is 13.1 Å². The van der Waals surface area contributed by atoms with Gasteiger partial charge in [-0.15, -0.1) is 0 Å². The molecule has 0 fully saturated rings. The second-order valence-corrected chi connectivity index (χ2v) is 5.07. The molecule has 0 saturated heterocycles. The monoisotopic (exact) mass is 286 g/mol. The second kappa shape index (κ2) is 7.23. The van der Waals surface area contributed by atoms with Gasteiger partial charge in [-0.05, 0) is 56.3 Å². The van der Waals surface area contributed by atoms with Crippen LogP contribution in [0.15, 0.2) is 48.5 Å². The van der Waals surface area contributed by atoms with E-state index in [4.69, 9.17) is 0 Å². The molecule has 0 aromatic heterocycles. The van der Waals surface area contributed by atoms with Crippen molar-refractivity contribution in [3.8, 4) is 0 Å². The molecular weight excluding hydrogens is 263 g/mol. The fourth-order valence-electron chi connectivity index (χ4n) is 2.65. The molecule has 0 spiro atoms. The van der Waals surface area contributed by atoms with Crippen molar-refractivity contribution in [3.05, 3.63) is 59.9 Å². The van der Waals surface area contributed by atoms with Crippen molar-refractivity contribution in [3.63, 3.8) is 0 Å². The molecule has 2 nitrogen and oxygen atoms in total. The summed E-state index contributed by atoms with van der Waals surface area (Å²) >= 11 is 0. The van der Waals surface area contributed by atoms with Crippen LogP contribution in [-0.4, -0.2) is 13.6 Å². The lowest BCUT2D eigenvalue weighted by Gasteiger charge is -2.24. The number of nitrogens with one attached hydrogen (secondary N) is 1. The lowest BCUT2D eigenvalue weighted by atomic mass is 10.0. The predicted octanol–water partition coefficient (Wildman–Crippen LogP) is 4.65. The maximum atomic E-state index is 13.4. The highest BCUT2D eigenvalue weighted by Crippen LogP contribution is 2.27. The Morgan fingerprint density at radius 2 is 1.76 bits per heavy atom. The van der Waals surface area contributed by atoms with E-state index >= 15 is 0 Å². The molecule has 0 bridgehead atoms. The molecule has 2 rings (SSSR count). The number of hydrogen-bond acceptors (Lipinski definition) is 2. The summed E-state index contributed by atoms with van der Waals surface area (Å²) in [4.78, 5) is 2.10. The first-order chi connectivity index (χ1) is 10.2. The van der Waals surface area contributed by atoms with E-state index in [2.05, 4.69) is 48.3 Å². The van der Waals surface area contributed by atoms with Crippen molar-refractivity contribution in [2.45, 2.75) is 26.3 Å². The summed E-state index contributed by atoms with van der Waals surface area (Å²) in [5, 5.41) is 3.31. The average molecular weight is 286 g/mol. The summed E-state index contributed by atoms with van der Waals surface area (Å²) in [5.74, 6) is -0.205. The van der Waals surface area contributed by atoms with Crippen molar-refractivity contribution in [2.75, 3.05) is 18.5 Å². The molecule has 0 amide bonds. The van der Waals surface area contributed by atoms with Gasteiger partial charge in [-0.1, -0.05) is 25.1 Å². The van der Waals surface area contributed by atoms with Gasteiger partial charge >= 0.3 is 0 Å². The Labute approximate surface area is 126 Å². The van der Waals surface area contributed by atoms with E-state index < -0.39 is 0 Å². The van der Waals surface area contributed by atoms with E-state index in [1.165, 1.54) is 11.6 Å². The van der Waals surface area contributed by atoms with Crippen molar-refractivity contribution in [2.24, 2.45) is 0 Å². The van der Waals surface area contributed by atoms with Gasteiger partial charge in [0.05, 0.1) is 0 Å². The molecule has 21 heavy (non-hydrogen) atoms. The van der Waals surface area contributed by atoms with Gasteiger partial charge in [-0.25, -0.2) is 4.39 Å². The Hall–Kier alpha value is -1.87. The van der Waals surface area contributed by atoms with Gasteiger partial charge in [0.25, 0.3) is 0 Å². The zero-order valence-electron chi connectivity index (χ0n) is 12.9. The maximum absolute atomic E-state index is 13.4. The van der Waals surface area contributed by atoms with Gasteiger partial charge in [-0.3, -0.25) is 0 Å². The molecule has 1 unspecified atom stereocenters. The zero-order valence-corrected chi connectivity index (χ0v) is 12.9. The Balaban J connectivity index is 2.27. The minimum atomic E-state index is -0.205. The summed E-state index contributed by atoms with van der Waals surface area (Å²) in [6.45, 7) is 5.04. The quantitative estimate of drug-likeness (QED) is 0.831. The molecule has 0 aliphatic heterocycles. The van der Waals surface area contributed by atoms with E-state index in [0.717, 1.165) is 24.3 Å². The fraction of sp³-hybridized carbons (Fsp3) is 0.333. The van der Waals surface area contributed by atoms with E-state index in [-0.39, 0.29) is 5.82 Å². The molecule has 1 N–H and O–H groups in total. The van der Waals surface area contributed by atoms with Crippen LogP contribution in [0.3, 0.4) is 0 Å². The standard InChI is InChI=1S/C18H23FN2/c1-4-18(20-3)14-9-11-16(12-10-14)21(5-2)17-8-6-7-15(19)13-17/h6-13,18,20H,4-5H2,1-3H3.